The Morgan fingerprint density at radius 2 is 2.00 bits per heavy atom. The van der Waals surface area contributed by atoms with Crippen LogP contribution in [0.5, 0.6) is 0 Å². The van der Waals surface area contributed by atoms with Crippen molar-refractivity contribution in [3.8, 4) is 5.69 Å². The standard InChI is InChI=1S/C13H12BrN5/c14-7-12-9-19(17-16-12)8-11-1-3-13(4-2-11)18-6-5-15-10-18/h1-6,9-10H,7-8H2. The number of rotatable bonds is 4. The van der Waals surface area contributed by atoms with Crippen molar-refractivity contribution < 1.29 is 0 Å². The van der Waals surface area contributed by atoms with Crippen LogP contribution in [0.15, 0.2) is 49.2 Å². The van der Waals surface area contributed by atoms with Crippen LogP contribution in [0.3, 0.4) is 0 Å². The molecule has 0 saturated heterocycles. The van der Waals surface area contributed by atoms with Gasteiger partial charge in [-0.3, -0.25) is 0 Å². The molecule has 96 valence electrons. The molecule has 0 unspecified atom stereocenters. The first-order valence-corrected chi connectivity index (χ1v) is 6.99. The van der Waals surface area contributed by atoms with Crippen molar-refractivity contribution in [2.24, 2.45) is 0 Å². The first-order chi connectivity index (χ1) is 9.35. The number of hydrogen-bond acceptors (Lipinski definition) is 3. The van der Waals surface area contributed by atoms with Crippen LogP contribution in [0.25, 0.3) is 5.69 Å². The Balaban J connectivity index is 1.75. The Kier molecular flexibility index (Phi) is 3.41. The fourth-order valence-corrected chi connectivity index (χ4v) is 2.11. The molecule has 0 aliphatic rings. The Morgan fingerprint density at radius 3 is 2.63 bits per heavy atom. The van der Waals surface area contributed by atoms with E-state index in [1.165, 1.54) is 5.56 Å². The number of nitrogens with zero attached hydrogens (tertiary/aromatic N) is 5. The zero-order valence-electron chi connectivity index (χ0n) is 10.1. The maximum Gasteiger partial charge on any atom is 0.0991 e. The molecule has 19 heavy (non-hydrogen) atoms. The summed E-state index contributed by atoms with van der Waals surface area (Å²) in [4.78, 5) is 4.04. The summed E-state index contributed by atoms with van der Waals surface area (Å²) in [6.07, 6.45) is 7.42. The third-order valence-electron chi connectivity index (χ3n) is 2.81. The van der Waals surface area contributed by atoms with E-state index in [1.807, 2.05) is 21.6 Å². The number of halogens is 1. The smallest absolute Gasteiger partial charge is 0.0991 e. The van der Waals surface area contributed by atoms with E-state index < -0.39 is 0 Å². The van der Waals surface area contributed by atoms with Gasteiger partial charge in [0.05, 0.1) is 18.6 Å². The lowest BCUT2D eigenvalue weighted by molar-refractivity contribution is 0.649. The van der Waals surface area contributed by atoms with Gasteiger partial charge in [0.15, 0.2) is 0 Å². The molecule has 0 bridgehead atoms. The molecule has 5 nitrogen and oxygen atoms in total. The van der Waals surface area contributed by atoms with E-state index in [0.717, 1.165) is 23.3 Å². The zero-order valence-corrected chi connectivity index (χ0v) is 11.7. The summed E-state index contributed by atoms with van der Waals surface area (Å²) in [5, 5.41) is 8.85. The highest BCUT2D eigenvalue weighted by Crippen LogP contribution is 2.10. The van der Waals surface area contributed by atoms with Gasteiger partial charge < -0.3 is 4.57 Å². The molecular weight excluding hydrogens is 306 g/mol. The first-order valence-electron chi connectivity index (χ1n) is 5.87. The van der Waals surface area contributed by atoms with Crippen molar-refractivity contribution in [2.45, 2.75) is 11.9 Å². The van der Waals surface area contributed by atoms with Crippen molar-refractivity contribution in [1.29, 1.82) is 0 Å². The summed E-state index contributed by atoms with van der Waals surface area (Å²) in [7, 11) is 0. The summed E-state index contributed by atoms with van der Waals surface area (Å²) in [5.41, 5.74) is 3.23. The molecule has 3 rings (SSSR count). The Labute approximate surface area is 119 Å². The topological polar surface area (TPSA) is 48.5 Å². The number of imidazole rings is 1. The zero-order chi connectivity index (χ0) is 13.1. The van der Waals surface area contributed by atoms with Crippen molar-refractivity contribution >= 4 is 15.9 Å². The second kappa shape index (κ2) is 5.36. The van der Waals surface area contributed by atoms with Gasteiger partial charge in [0.1, 0.15) is 0 Å². The lowest BCUT2D eigenvalue weighted by Gasteiger charge is -2.04. The van der Waals surface area contributed by atoms with Crippen LogP contribution < -0.4 is 0 Å². The second-order valence-corrected chi connectivity index (χ2v) is 4.74. The van der Waals surface area contributed by atoms with E-state index in [0.29, 0.717) is 0 Å². The summed E-state index contributed by atoms with van der Waals surface area (Å²) < 4.78 is 3.81. The van der Waals surface area contributed by atoms with Gasteiger partial charge in [0.25, 0.3) is 0 Å². The third kappa shape index (κ3) is 2.73. The summed E-state index contributed by atoms with van der Waals surface area (Å²) in [6.45, 7) is 0.726. The minimum Gasteiger partial charge on any atom is -0.306 e. The van der Waals surface area contributed by atoms with Crippen LogP contribution in [-0.4, -0.2) is 24.5 Å². The predicted octanol–water partition coefficient (Wildman–Crippen LogP) is 2.41. The molecule has 0 N–H and O–H groups in total. The minimum atomic E-state index is 0.726. The molecule has 0 atom stereocenters. The molecule has 0 spiro atoms. The van der Waals surface area contributed by atoms with Gasteiger partial charge in [-0.15, -0.1) is 5.10 Å². The van der Waals surface area contributed by atoms with Crippen molar-refractivity contribution in [2.75, 3.05) is 0 Å². The highest BCUT2D eigenvalue weighted by Gasteiger charge is 2.01. The van der Waals surface area contributed by atoms with Gasteiger partial charge in [0, 0.05) is 29.6 Å². The van der Waals surface area contributed by atoms with Gasteiger partial charge in [-0.1, -0.05) is 33.3 Å². The minimum absolute atomic E-state index is 0.726. The van der Waals surface area contributed by atoms with E-state index in [-0.39, 0.29) is 0 Å². The third-order valence-corrected chi connectivity index (χ3v) is 3.38. The lowest BCUT2D eigenvalue weighted by Crippen LogP contribution is -2.00. The normalized spacial score (nSPS) is 10.8. The maximum atomic E-state index is 4.08. The summed E-state index contributed by atoms with van der Waals surface area (Å²) in [6, 6.07) is 8.31. The van der Waals surface area contributed by atoms with Gasteiger partial charge >= 0.3 is 0 Å². The highest BCUT2D eigenvalue weighted by molar-refractivity contribution is 9.08. The van der Waals surface area contributed by atoms with Gasteiger partial charge in [-0.2, -0.15) is 0 Å². The average Bonchev–Trinajstić information content (AvgIpc) is 3.10. The fraction of sp³-hybridized carbons (Fsp3) is 0.154. The molecule has 6 heteroatoms. The van der Waals surface area contributed by atoms with Crippen LogP contribution in [0.2, 0.25) is 0 Å². The maximum absolute atomic E-state index is 4.08. The first kappa shape index (κ1) is 12.1. The van der Waals surface area contributed by atoms with Crippen LogP contribution in [0, 0.1) is 0 Å². The van der Waals surface area contributed by atoms with Crippen molar-refractivity contribution in [1.82, 2.24) is 24.5 Å². The number of alkyl halides is 1. The SMILES string of the molecule is BrCc1cn(Cc2ccc(-n3ccnc3)cc2)nn1. The summed E-state index contributed by atoms with van der Waals surface area (Å²) >= 11 is 3.36. The van der Waals surface area contributed by atoms with Crippen LogP contribution in [0.1, 0.15) is 11.3 Å². The molecular formula is C13H12BrN5. The molecule has 2 aromatic heterocycles. The van der Waals surface area contributed by atoms with Gasteiger partial charge in [0.2, 0.25) is 0 Å². The van der Waals surface area contributed by atoms with Gasteiger partial charge in [-0.05, 0) is 17.7 Å². The summed E-state index contributed by atoms with van der Waals surface area (Å²) in [5.74, 6) is 0. The fourth-order valence-electron chi connectivity index (χ4n) is 1.85. The van der Waals surface area contributed by atoms with E-state index in [1.54, 1.807) is 12.5 Å². The van der Waals surface area contributed by atoms with Crippen LogP contribution in [0.4, 0.5) is 0 Å². The Hall–Kier alpha value is -1.95. The van der Waals surface area contributed by atoms with E-state index >= 15 is 0 Å². The molecule has 0 saturated carbocycles. The largest absolute Gasteiger partial charge is 0.306 e. The molecule has 0 aliphatic carbocycles. The average molecular weight is 318 g/mol. The number of aromatic nitrogens is 5. The van der Waals surface area contributed by atoms with Crippen LogP contribution in [-0.2, 0) is 11.9 Å². The highest BCUT2D eigenvalue weighted by atomic mass is 79.9. The number of benzene rings is 1. The Bertz CT molecular complexity index is 642. The van der Waals surface area contributed by atoms with E-state index in [4.69, 9.17) is 0 Å². The molecule has 2 heterocycles. The Morgan fingerprint density at radius 1 is 1.16 bits per heavy atom. The predicted molar refractivity (Wildman–Crippen MR) is 75.3 cm³/mol. The monoisotopic (exact) mass is 317 g/mol. The molecule has 0 aliphatic heterocycles. The van der Waals surface area contributed by atoms with Crippen LogP contribution >= 0.6 is 15.9 Å². The molecule has 0 radical (unpaired) electrons. The van der Waals surface area contributed by atoms with E-state index in [9.17, 15) is 0 Å². The molecule has 3 aromatic rings. The molecule has 0 fully saturated rings. The van der Waals surface area contributed by atoms with Gasteiger partial charge in [-0.25, -0.2) is 9.67 Å². The second-order valence-electron chi connectivity index (χ2n) is 4.18. The molecule has 1 aromatic carbocycles. The van der Waals surface area contributed by atoms with Crippen molar-refractivity contribution in [3.63, 3.8) is 0 Å². The quantitative estimate of drug-likeness (QED) is 0.694. The molecule has 0 amide bonds. The number of hydrogen-bond donors (Lipinski definition) is 0. The van der Waals surface area contributed by atoms with Crippen molar-refractivity contribution in [3.05, 3.63) is 60.4 Å². The van der Waals surface area contributed by atoms with E-state index in [2.05, 4.69) is 55.5 Å². The lowest BCUT2D eigenvalue weighted by atomic mass is 10.2.